The second-order valence-electron chi connectivity index (χ2n) is 10.4. The van der Waals surface area contributed by atoms with E-state index >= 15 is 0 Å². The Kier molecular flexibility index (Phi) is 27.4. The van der Waals surface area contributed by atoms with Gasteiger partial charge in [0.15, 0.2) is 6.10 Å². The van der Waals surface area contributed by atoms with Gasteiger partial charge in [-0.15, -0.1) is 0 Å². The average Bonchev–Trinajstić information content (AvgIpc) is 2.91. The minimum atomic E-state index is -4.74. The van der Waals surface area contributed by atoms with Crippen LogP contribution in [-0.2, 0) is 37.6 Å². The zero-order chi connectivity index (χ0) is 29.7. The summed E-state index contributed by atoms with van der Waals surface area (Å²) in [6.07, 6.45) is 18.9. The first-order valence-corrected chi connectivity index (χ1v) is 16.8. The van der Waals surface area contributed by atoms with Gasteiger partial charge < -0.3 is 28.7 Å². The summed E-state index contributed by atoms with van der Waals surface area (Å²) in [6.45, 7) is 0.812. The number of carbonyl (C=O) groups is 2. The molecule has 0 amide bonds. The highest BCUT2D eigenvalue weighted by atomic mass is 31.2. The summed E-state index contributed by atoms with van der Waals surface area (Å²) < 4.78 is 36.2. The van der Waals surface area contributed by atoms with Crippen LogP contribution in [0.5, 0.6) is 0 Å². The number of hydrogen-bond acceptors (Lipinski definition) is 8. The van der Waals surface area contributed by atoms with E-state index in [0.717, 1.165) is 64.6 Å². The molecule has 0 aromatic rings. The van der Waals surface area contributed by atoms with Crippen molar-refractivity contribution in [1.82, 2.24) is 0 Å². The van der Waals surface area contributed by atoms with Crippen LogP contribution >= 0.6 is 7.82 Å². The number of rotatable bonds is 30. The highest BCUT2D eigenvalue weighted by Crippen LogP contribution is 2.35. The number of methoxy groups -OCH3 is 2. The van der Waals surface area contributed by atoms with E-state index in [4.69, 9.17) is 28.7 Å². The lowest BCUT2D eigenvalue weighted by atomic mass is 10.1. The van der Waals surface area contributed by atoms with Gasteiger partial charge in [-0.1, -0.05) is 89.9 Å². The van der Waals surface area contributed by atoms with Gasteiger partial charge in [0.05, 0.1) is 6.61 Å². The van der Waals surface area contributed by atoms with Crippen molar-refractivity contribution in [3.05, 3.63) is 0 Å². The Labute approximate surface area is 242 Å². The van der Waals surface area contributed by atoms with Gasteiger partial charge >= 0.3 is 19.8 Å². The standard InChI is InChI=1S/C29H57O10P/c1-35-23-19-15-11-7-3-5-9-13-17-21-28(30)37-25-27(26-38-40(32,33)34)39-29(31)22-18-14-10-6-4-8-12-16-20-24-36-2/h27H,3-26H2,1-2H3,(H2,32,33,34)/t27-/m1/s1. The molecule has 0 aromatic carbocycles. The maximum absolute atomic E-state index is 12.2. The molecule has 11 heteroatoms. The molecule has 2 N–H and O–H groups in total. The molecule has 0 radical (unpaired) electrons. The number of hydrogen-bond donors (Lipinski definition) is 2. The van der Waals surface area contributed by atoms with Crippen molar-refractivity contribution in [1.29, 1.82) is 0 Å². The van der Waals surface area contributed by atoms with Gasteiger partial charge in [0.2, 0.25) is 0 Å². The zero-order valence-corrected chi connectivity index (χ0v) is 26.0. The molecule has 0 bridgehead atoms. The molecule has 1 atom stereocenters. The summed E-state index contributed by atoms with van der Waals surface area (Å²) in [7, 11) is -1.30. The molecular formula is C29H57O10P. The van der Waals surface area contributed by atoms with E-state index in [9.17, 15) is 14.2 Å². The van der Waals surface area contributed by atoms with Crippen LogP contribution in [0.3, 0.4) is 0 Å². The Morgan fingerprint density at radius 3 is 1.35 bits per heavy atom. The van der Waals surface area contributed by atoms with Gasteiger partial charge in [-0.3, -0.25) is 14.1 Å². The maximum atomic E-state index is 12.2. The summed E-state index contributed by atoms with van der Waals surface area (Å²) in [5.41, 5.74) is 0. The lowest BCUT2D eigenvalue weighted by Crippen LogP contribution is -2.29. The largest absolute Gasteiger partial charge is 0.469 e. The van der Waals surface area contributed by atoms with Crippen molar-refractivity contribution in [2.24, 2.45) is 0 Å². The number of phosphoric ester groups is 1. The predicted molar refractivity (Wildman–Crippen MR) is 155 cm³/mol. The van der Waals surface area contributed by atoms with Crippen LogP contribution in [0.25, 0.3) is 0 Å². The minimum absolute atomic E-state index is 0.199. The van der Waals surface area contributed by atoms with Crippen molar-refractivity contribution >= 4 is 19.8 Å². The normalized spacial score (nSPS) is 12.4. The quantitative estimate of drug-likeness (QED) is 0.0527. The first kappa shape index (κ1) is 39.0. The summed E-state index contributed by atoms with van der Waals surface area (Å²) in [4.78, 5) is 42.3. The van der Waals surface area contributed by atoms with E-state index in [0.29, 0.717) is 12.8 Å². The van der Waals surface area contributed by atoms with Crippen LogP contribution in [0.4, 0.5) is 0 Å². The van der Waals surface area contributed by atoms with E-state index in [2.05, 4.69) is 4.52 Å². The van der Waals surface area contributed by atoms with Gasteiger partial charge in [-0.25, -0.2) is 4.57 Å². The van der Waals surface area contributed by atoms with E-state index < -0.39 is 32.5 Å². The fourth-order valence-electron chi connectivity index (χ4n) is 4.31. The Hall–Kier alpha value is -1.03. The maximum Gasteiger partial charge on any atom is 0.469 e. The monoisotopic (exact) mass is 596 g/mol. The first-order valence-electron chi connectivity index (χ1n) is 15.3. The van der Waals surface area contributed by atoms with Crippen LogP contribution in [-0.4, -0.2) is 68.5 Å². The molecule has 0 aliphatic heterocycles. The molecule has 0 aromatic heterocycles. The molecule has 0 aliphatic carbocycles. The Balaban J connectivity index is 4.01. The molecule has 0 saturated carbocycles. The summed E-state index contributed by atoms with van der Waals surface area (Å²) in [6, 6.07) is 0. The second kappa shape index (κ2) is 28.1. The molecule has 238 valence electrons. The number of ether oxygens (including phenoxy) is 4. The van der Waals surface area contributed by atoms with Crippen LogP contribution in [0.15, 0.2) is 0 Å². The van der Waals surface area contributed by atoms with Crippen LogP contribution in [0.1, 0.15) is 128 Å². The van der Waals surface area contributed by atoms with Crippen molar-refractivity contribution in [3.63, 3.8) is 0 Å². The highest BCUT2D eigenvalue weighted by molar-refractivity contribution is 7.46. The van der Waals surface area contributed by atoms with Crippen LogP contribution in [0, 0.1) is 0 Å². The van der Waals surface area contributed by atoms with Crippen molar-refractivity contribution in [2.45, 2.75) is 135 Å². The molecule has 40 heavy (non-hydrogen) atoms. The predicted octanol–water partition coefficient (Wildman–Crippen LogP) is 6.65. The fraction of sp³-hybridized carbons (Fsp3) is 0.931. The number of esters is 2. The molecule has 0 saturated heterocycles. The molecule has 0 aliphatic rings. The van der Waals surface area contributed by atoms with Gasteiger partial charge in [-0.05, 0) is 25.7 Å². The Bertz CT molecular complexity index is 640. The SMILES string of the molecule is COCCCCCCCCCCCC(=O)OC[C@H](COP(=O)(O)O)OC(=O)CCCCCCCCCCCOC. The molecular weight excluding hydrogens is 539 g/mol. The van der Waals surface area contributed by atoms with Crippen molar-refractivity contribution in [2.75, 3.05) is 40.6 Å². The minimum Gasteiger partial charge on any atom is -0.462 e. The molecule has 0 rings (SSSR count). The van der Waals surface area contributed by atoms with E-state index in [1.54, 1.807) is 14.2 Å². The molecule has 0 unspecified atom stereocenters. The molecule has 0 fully saturated rings. The Morgan fingerprint density at radius 1 is 0.575 bits per heavy atom. The second-order valence-corrected chi connectivity index (χ2v) is 11.7. The van der Waals surface area contributed by atoms with Crippen LogP contribution < -0.4 is 0 Å². The summed E-state index contributed by atoms with van der Waals surface area (Å²) in [5, 5.41) is 0. The van der Waals surface area contributed by atoms with E-state index in [1.807, 2.05) is 0 Å². The first-order chi connectivity index (χ1) is 19.3. The fourth-order valence-corrected chi connectivity index (χ4v) is 4.67. The van der Waals surface area contributed by atoms with Crippen LogP contribution in [0.2, 0.25) is 0 Å². The lowest BCUT2D eigenvalue weighted by Gasteiger charge is -2.18. The van der Waals surface area contributed by atoms with Gasteiger partial charge in [0.1, 0.15) is 6.61 Å². The highest BCUT2D eigenvalue weighted by Gasteiger charge is 2.22. The van der Waals surface area contributed by atoms with Gasteiger partial charge in [0, 0.05) is 40.3 Å². The lowest BCUT2D eigenvalue weighted by molar-refractivity contribution is -0.161. The topological polar surface area (TPSA) is 138 Å². The average molecular weight is 597 g/mol. The third kappa shape index (κ3) is 29.9. The molecule has 10 nitrogen and oxygen atoms in total. The summed E-state index contributed by atoms with van der Waals surface area (Å²) in [5.74, 6) is -0.915. The van der Waals surface area contributed by atoms with Crippen molar-refractivity contribution in [3.8, 4) is 0 Å². The van der Waals surface area contributed by atoms with E-state index in [-0.39, 0.29) is 19.4 Å². The van der Waals surface area contributed by atoms with E-state index in [1.165, 1.54) is 51.4 Å². The third-order valence-corrected chi connectivity index (χ3v) is 7.10. The smallest absolute Gasteiger partial charge is 0.462 e. The third-order valence-electron chi connectivity index (χ3n) is 6.62. The number of phosphoric acid groups is 1. The van der Waals surface area contributed by atoms with Gasteiger partial charge in [0.25, 0.3) is 0 Å². The zero-order valence-electron chi connectivity index (χ0n) is 25.2. The molecule has 0 spiro atoms. The summed E-state index contributed by atoms with van der Waals surface area (Å²) >= 11 is 0. The Morgan fingerprint density at radius 2 is 0.950 bits per heavy atom. The van der Waals surface area contributed by atoms with Gasteiger partial charge in [-0.2, -0.15) is 0 Å². The number of carbonyl (C=O) groups excluding carboxylic acids is 2. The number of unbranched alkanes of at least 4 members (excludes halogenated alkanes) is 16. The van der Waals surface area contributed by atoms with Crippen molar-refractivity contribution < 1.29 is 47.4 Å². The molecule has 0 heterocycles.